The van der Waals surface area contributed by atoms with Crippen molar-refractivity contribution >= 4 is 12.2 Å². The molecule has 0 aliphatic heterocycles. The summed E-state index contributed by atoms with van der Waals surface area (Å²) in [4.78, 5) is 7.83. The predicted octanol–water partition coefficient (Wildman–Crippen LogP) is 3.28. The molecule has 14 heavy (non-hydrogen) atoms. The quantitative estimate of drug-likeness (QED) is 0.772. The predicted molar refractivity (Wildman–Crippen MR) is 60.1 cm³/mol. The van der Waals surface area contributed by atoms with Gasteiger partial charge in [0.2, 0.25) is 0 Å². The molecule has 1 heterocycles. The average molecular weight is 208 g/mol. The van der Waals surface area contributed by atoms with Crippen LogP contribution in [0.5, 0.6) is 0 Å². The number of rotatable bonds is 3. The molecular formula is C11H16N2S. The summed E-state index contributed by atoms with van der Waals surface area (Å²) in [6.07, 6.45) is 4.73. The zero-order chi connectivity index (χ0) is 10.1. The molecule has 0 saturated heterocycles. The zero-order valence-corrected chi connectivity index (χ0v) is 9.58. The van der Waals surface area contributed by atoms with Gasteiger partial charge in [-0.1, -0.05) is 19.1 Å². The van der Waals surface area contributed by atoms with E-state index in [0.717, 1.165) is 29.2 Å². The number of nitrogens with zero attached hydrogens (tertiary/aromatic N) is 1. The number of hydrogen-bond donors (Lipinski definition) is 1. The third kappa shape index (κ3) is 1.87. The van der Waals surface area contributed by atoms with Crippen LogP contribution in [0, 0.1) is 11.6 Å². The fourth-order valence-electron chi connectivity index (χ4n) is 1.73. The number of nitrogens with one attached hydrogen (secondary N) is 1. The van der Waals surface area contributed by atoms with E-state index in [1.165, 1.54) is 24.1 Å². The van der Waals surface area contributed by atoms with E-state index in [9.17, 15) is 0 Å². The molecule has 1 saturated carbocycles. The van der Waals surface area contributed by atoms with Crippen LogP contribution in [-0.2, 0) is 6.42 Å². The molecule has 0 bridgehead atoms. The molecule has 2 nitrogen and oxygen atoms in total. The van der Waals surface area contributed by atoms with Crippen LogP contribution in [0.2, 0.25) is 0 Å². The van der Waals surface area contributed by atoms with Crippen molar-refractivity contribution in [2.75, 3.05) is 0 Å². The molecule has 0 radical (unpaired) electrons. The molecule has 3 heteroatoms. The van der Waals surface area contributed by atoms with Crippen LogP contribution in [0.4, 0.5) is 0 Å². The maximum absolute atomic E-state index is 5.26. The zero-order valence-electron chi connectivity index (χ0n) is 8.76. The third-order valence-electron chi connectivity index (χ3n) is 2.71. The molecule has 2 rings (SSSR count). The van der Waals surface area contributed by atoms with E-state index in [1.54, 1.807) is 0 Å². The summed E-state index contributed by atoms with van der Waals surface area (Å²) < 4.78 is 0.786. The Hall–Kier alpha value is -0.700. The molecule has 1 aliphatic rings. The lowest BCUT2D eigenvalue weighted by Crippen LogP contribution is -2.02. The lowest BCUT2D eigenvalue weighted by Gasteiger charge is -2.07. The van der Waals surface area contributed by atoms with Gasteiger partial charge >= 0.3 is 0 Å². The summed E-state index contributed by atoms with van der Waals surface area (Å²) in [5.74, 6) is 1.79. The van der Waals surface area contributed by atoms with Gasteiger partial charge in [0.1, 0.15) is 10.5 Å². The first-order valence-corrected chi connectivity index (χ1v) is 5.73. The minimum absolute atomic E-state index is 0.732. The van der Waals surface area contributed by atoms with E-state index in [4.69, 9.17) is 12.2 Å². The van der Waals surface area contributed by atoms with Gasteiger partial charge in [-0.15, -0.1) is 0 Å². The third-order valence-corrected chi connectivity index (χ3v) is 3.11. The summed E-state index contributed by atoms with van der Waals surface area (Å²) in [5.41, 5.74) is 2.52. The van der Waals surface area contributed by atoms with Gasteiger partial charge in [-0.2, -0.15) is 0 Å². The topological polar surface area (TPSA) is 28.7 Å². The van der Waals surface area contributed by atoms with Gasteiger partial charge < -0.3 is 4.98 Å². The summed E-state index contributed by atoms with van der Waals surface area (Å²) in [6, 6.07) is 0. The van der Waals surface area contributed by atoms with Gasteiger partial charge in [0, 0.05) is 17.7 Å². The summed E-state index contributed by atoms with van der Waals surface area (Å²) in [5, 5.41) is 0. The standard InChI is InChI=1S/C11H16N2S/c1-3-4-9-12-10(8-5-6-8)7(2)11(14)13-9/h8H,3-6H2,1-2H3,(H,12,13,14). The van der Waals surface area contributed by atoms with Gasteiger partial charge in [0.05, 0.1) is 0 Å². The highest BCUT2D eigenvalue weighted by atomic mass is 32.1. The van der Waals surface area contributed by atoms with E-state index in [1.807, 2.05) is 0 Å². The van der Waals surface area contributed by atoms with Crippen LogP contribution < -0.4 is 0 Å². The molecule has 0 spiro atoms. The molecule has 0 atom stereocenters. The van der Waals surface area contributed by atoms with Crippen LogP contribution in [0.3, 0.4) is 0 Å². The van der Waals surface area contributed by atoms with Crippen LogP contribution in [0.15, 0.2) is 0 Å². The molecule has 76 valence electrons. The Bertz CT molecular complexity index is 391. The lowest BCUT2D eigenvalue weighted by atomic mass is 10.2. The Balaban J connectivity index is 2.41. The molecule has 1 aromatic heterocycles. The molecule has 0 amide bonds. The highest BCUT2D eigenvalue weighted by molar-refractivity contribution is 7.71. The van der Waals surface area contributed by atoms with Crippen molar-refractivity contribution in [2.24, 2.45) is 0 Å². The summed E-state index contributed by atoms with van der Waals surface area (Å²) in [7, 11) is 0. The highest BCUT2D eigenvalue weighted by Crippen LogP contribution is 2.40. The Kier molecular flexibility index (Phi) is 2.68. The Morgan fingerprint density at radius 3 is 2.79 bits per heavy atom. The number of hydrogen-bond acceptors (Lipinski definition) is 2. The van der Waals surface area contributed by atoms with E-state index < -0.39 is 0 Å². The smallest absolute Gasteiger partial charge is 0.132 e. The number of H-pyrrole nitrogens is 1. The molecular weight excluding hydrogens is 192 g/mol. The minimum Gasteiger partial charge on any atom is -0.347 e. The molecule has 0 aromatic carbocycles. The van der Waals surface area contributed by atoms with Crippen LogP contribution in [0.25, 0.3) is 0 Å². The van der Waals surface area contributed by atoms with Crippen LogP contribution in [-0.4, -0.2) is 9.97 Å². The summed E-state index contributed by atoms with van der Waals surface area (Å²) in [6.45, 7) is 4.24. The Morgan fingerprint density at radius 1 is 1.50 bits per heavy atom. The maximum Gasteiger partial charge on any atom is 0.132 e. The van der Waals surface area contributed by atoms with E-state index in [0.29, 0.717) is 0 Å². The minimum atomic E-state index is 0.732. The Labute approximate surface area is 89.8 Å². The first-order valence-electron chi connectivity index (χ1n) is 5.32. The van der Waals surface area contributed by atoms with Crippen LogP contribution >= 0.6 is 12.2 Å². The van der Waals surface area contributed by atoms with Crippen LogP contribution in [0.1, 0.15) is 49.2 Å². The van der Waals surface area contributed by atoms with Crippen molar-refractivity contribution in [1.29, 1.82) is 0 Å². The average Bonchev–Trinajstić information content (AvgIpc) is 2.94. The molecule has 1 N–H and O–H groups in total. The van der Waals surface area contributed by atoms with Gasteiger partial charge in [0.15, 0.2) is 0 Å². The van der Waals surface area contributed by atoms with Crippen molar-refractivity contribution < 1.29 is 0 Å². The number of aromatic amines is 1. The van der Waals surface area contributed by atoms with Crippen molar-refractivity contribution in [3.63, 3.8) is 0 Å². The second-order valence-corrected chi connectivity index (χ2v) is 4.44. The van der Waals surface area contributed by atoms with E-state index >= 15 is 0 Å². The normalized spacial score (nSPS) is 15.9. The SMILES string of the molecule is CCCc1nc(=S)c(C)c(C2CC2)[nH]1. The first kappa shape index (κ1) is 9.84. The molecule has 0 unspecified atom stereocenters. The van der Waals surface area contributed by atoms with Crippen molar-refractivity contribution in [2.45, 2.75) is 45.4 Å². The van der Waals surface area contributed by atoms with Crippen molar-refractivity contribution in [1.82, 2.24) is 9.97 Å². The fraction of sp³-hybridized carbons (Fsp3) is 0.636. The van der Waals surface area contributed by atoms with Crippen molar-refractivity contribution in [3.8, 4) is 0 Å². The fourth-order valence-corrected chi connectivity index (χ4v) is 1.95. The number of aryl methyl sites for hydroxylation is 1. The van der Waals surface area contributed by atoms with E-state index in [-0.39, 0.29) is 0 Å². The molecule has 1 aliphatic carbocycles. The summed E-state index contributed by atoms with van der Waals surface area (Å²) >= 11 is 5.26. The van der Waals surface area contributed by atoms with Gasteiger partial charge in [-0.05, 0) is 32.1 Å². The number of aromatic nitrogens is 2. The van der Waals surface area contributed by atoms with Gasteiger partial charge in [-0.3, -0.25) is 0 Å². The maximum atomic E-state index is 5.26. The first-order chi connectivity index (χ1) is 6.72. The second-order valence-electron chi connectivity index (χ2n) is 4.05. The largest absolute Gasteiger partial charge is 0.347 e. The monoisotopic (exact) mass is 208 g/mol. The van der Waals surface area contributed by atoms with E-state index in [2.05, 4.69) is 23.8 Å². The Morgan fingerprint density at radius 2 is 2.21 bits per heavy atom. The van der Waals surface area contributed by atoms with Crippen molar-refractivity contribution in [3.05, 3.63) is 21.7 Å². The molecule has 1 aromatic rings. The highest BCUT2D eigenvalue weighted by Gasteiger charge is 2.26. The molecule has 1 fully saturated rings. The second kappa shape index (κ2) is 3.81. The van der Waals surface area contributed by atoms with Gasteiger partial charge in [-0.25, -0.2) is 4.98 Å². The van der Waals surface area contributed by atoms with Gasteiger partial charge in [0.25, 0.3) is 0 Å². The lowest BCUT2D eigenvalue weighted by molar-refractivity contribution is 0.799.